The fourth-order valence-corrected chi connectivity index (χ4v) is 7.44. The van der Waals surface area contributed by atoms with Gasteiger partial charge >= 0.3 is 11.9 Å². The fraction of sp³-hybridized carbons (Fsp3) is 0.400. The Morgan fingerprint density at radius 1 is 0.703 bits per heavy atom. The number of fused-ring (bicyclic) bond motifs is 3. The van der Waals surface area contributed by atoms with Crippen molar-refractivity contribution in [1.82, 2.24) is 0 Å². The summed E-state index contributed by atoms with van der Waals surface area (Å²) in [5, 5.41) is 0. The van der Waals surface area contributed by atoms with Crippen molar-refractivity contribution < 1.29 is 28.7 Å². The Kier molecular flexibility index (Phi) is 5.37. The molecule has 3 aliphatic carbocycles. The Bertz CT molecular complexity index is 1280. The molecule has 4 atom stereocenters. The molecule has 4 aliphatic rings. The summed E-state index contributed by atoms with van der Waals surface area (Å²) < 4.78 is 10.7. The smallest absolute Gasteiger partial charge is 0.313 e. The Balaban J connectivity index is 1.44. The van der Waals surface area contributed by atoms with Crippen molar-refractivity contribution in [1.29, 1.82) is 0 Å². The van der Waals surface area contributed by atoms with Crippen LogP contribution < -0.4 is 4.90 Å². The highest BCUT2D eigenvalue weighted by Crippen LogP contribution is 2.63. The maximum atomic E-state index is 13.6. The third-order valence-electron chi connectivity index (χ3n) is 9.21. The van der Waals surface area contributed by atoms with Gasteiger partial charge in [0.2, 0.25) is 11.8 Å². The Morgan fingerprint density at radius 3 is 1.57 bits per heavy atom. The van der Waals surface area contributed by atoms with E-state index in [1.165, 1.54) is 19.1 Å². The molecule has 190 valence electrons. The first-order valence-corrected chi connectivity index (χ1v) is 12.7. The molecule has 1 aliphatic heterocycles. The summed E-state index contributed by atoms with van der Waals surface area (Å²) >= 11 is 0. The number of nitrogens with zero attached hydrogens (tertiary/aromatic N) is 1. The molecule has 1 saturated heterocycles. The number of allylic oxidation sites excluding steroid dienone is 2. The molecule has 7 nitrogen and oxygen atoms in total. The van der Waals surface area contributed by atoms with E-state index >= 15 is 0 Å². The first-order chi connectivity index (χ1) is 17.8. The number of hydrogen-bond acceptors (Lipinski definition) is 6. The minimum Gasteiger partial charge on any atom is -0.469 e. The highest BCUT2D eigenvalue weighted by Gasteiger charge is 2.67. The summed E-state index contributed by atoms with van der Waals surface area (Å²) in [4.78, 5) is 55.5. The first-order valence-electron chi connectivity index (χ1n) is 12.7. The van der Waals surface area contributed by atoms with Crippen LogP contribution in [0.2, 0.25) is 0 Å². The topological polar surface area (TPSA) is 90.0 Å². The molecule has 2 aromatic carbocycles. The summed E-state index contributed by atoms with van der Waals surface area (Å²) in [5.74, 6) is -2.19. The Morgan fingerprint density at radius 2 is 1.14 bits per heavy atom. The van der Waals surface area contributed by atoms with Gasteiger partial charge in [-0.1, -0.05) is 53.6 Å². The number of methoxy groups -OCH3 is 2. The number of benzene rings is 2. The van der Waals surface area contributed by atoms with Crippen LogP contribution in [0.4, 0.5) is 5.69 Å². The van der Waals surface area contributed by atoms with E-state index in [-0.39, 0.29) is 11.8 Å². The number of hydrogen-bond donors (Lipinski definition) is 0. The van der Waals surface area contributed by atoms with Crippen molar-refractivity contribution in [3.63, 3.8) is 0 Å². The van der Waals surface area contributed by atoms with Crippen molar-refractivity contribution in [3.8, 4) is 0 Å². The lowest BCUT2D eigenvalue weighted by Crippen LogP contribution is -2.60. The summed E-state index contributed by atoms with van der Waals surface area (Å²) in [6.07, 6.45) is 2.16. The predicted molar refractivity (Wildman–Crippen MR) is 134 cm³/mol. The average molecular weight is 500 g/mol. The average Bonchev–Trinajstić information content (AvgIpc) is 3.17. The molecule has 0 spiro atoms. The molecule has 0 bridgehead atoms. The van der Waals surface area contributed by atoms with Crippen LogP contribution in [0.3, 0.4) is 0 Å². The van der Waals surface area contributed by atoms with E-state index in [0.29, 0.717) is 44.2 Å². The highest BCUT2D eigenvalue weighted by atomic mass is 16.5. The lowest BCUT2D eigenvalue weighted by atomic mass is 9.46. The van der Waals surface area contributed by atoms with Crippen LogP contribution in [0.1, 0.15) is 36.8 Å². The van der Waals surface area contributed by atoms with Gasteiger partial charge in [0.1, 0.15) is 0 Å². The molecule has 4 unspecified atom stereocenters. The number of anilines is 1. The molecule has 0 radical (unpaired) electrons. The minimum atomic E-state index is -1.14. The second-order valence-electron chi connectivity index (χ2n) is 10.8. The number of rotatable bonds is 3. The van der Waals surface area contributed by atoms with Crippen molar-refractivity contribution in [2.45, 2.75) is 38.5 Å². The molecule has 2 aromatic rings. The van der Waals surface area contributed by atoms with Crippen LogP contribution in [-0.2, 0) is 41.5 Å². The number of esters is 2. The molecule has 0 aromatic heterocycles. The third kappa shape index (κ3) is 3.19. The predicted octanol–water partition coefficient (Wildman–Crippen LogP) is 3.79. The Labute approximate surface area is 215 Å². The molecular formula is C30H29NO6. The van der Waals surface area contributed by atoms with E-state index in [9.17, 15) is 19.2 Å². The summed E-state index contributed by atoms with van der Waals surface area (Å²) in [6.45, 7) is 0. The molecule has 6 rings (SSSR count). The lowest BCUT2D eigenvalue weighted by molar-refractivity contribution is -0.181. The number of ether oxygens (including phenoxy) is 2. The van der Waals surface area contributed by atoms with Crippen LogP contribution in [0.25, 0.3) is 0 Å². The standard InChI is InChI=1S/C30H29NO6/c1-36-27(34)29-14-18-8-6-7-9-19(18)15-30(29,28(35)37-2)17-21-13-24-23(12-20(21)16-29)25(32)31(26(24)33)22-10-4-3-5-11-22/h3-11,23-24H,12-17H2,1-2H3. The van der Waals surface area contributed by atoms with Crippen LogP contribution >= 0.6 is 0 Å². The van der Waals surface area contributed by atoms with Crippen molar-refractivity contribution >= 4 is 29.4 Å². The van der Waals surface area contributed by atoms with Crippen LogP contribution in [0, 0.1) is 22.7 Å². The van der Waals surface area contributed by atoms with E-state index in [4.69, 9.17) is 9.47 Å². The fourth-order valence-electron chi connectivity index (χ4n) is 7.44. The maximum absolute atomic E-state index is 13.6. The zero-order chi connectivity index (χ0) is 25.9. The molecule has 7 heteroatoms. The number of para-hydroxylation sites is 1. The van der Waals surface area contributed by atoms with Gasteiger partial charge < -0.3 is 9.47 Å². The molecule has 1 fully saturated rings. The second kappa shape index (κ2) is 8.40. The van der Waals surface area contributed by atoms with Gasteiger partial charge in [0.15, 0.2) is 0 Å². The second-order valence-corrected chi connectivity index (χ2v) is 10.8. The number of carbonyl (C=O) groups is 4. The first kappa shape index (κ1) is 23.6. The van der Waals surface area contributed by atoms with Crippen molar-refractivity contribution in [3.05, 3.63) is 76.9 Å². The maximum Gasteiger partial charge on any atom is 0.313 e. The van der Waals surface area contributed by atoms with Gasteiger partial charge in [-0.2, -0.15) is 0 Å². The highest BCUT2D eigenvalue weighted by molar-refractivity contribution is 6.22. The largest absolute Gasteiger partial charge is 0.469 e. The van der Waals surface area contributed by atoms with Gasteiger partial charge in [0.25, 0.3) is 0 Å². The van der Waals surface area contributed by atoms with Crippen LogP contribution in [0.15, 0.2) is 65.7 Å². The number of carbonyl (C=O) groups excluding carboxylic acids is 4. The van der Waals surface area contributed by atoms with Crippen LogP contribution in [-0.4, -0.2) is 38.0 Å². The SMILES string of the molecule is COC(=O)C12CC3=C(CC4C(=O)N(c5ccccc5)C(=O)C4C3)CC1(C(=O)OC)Cc1ccccc1C2. The molecular weight excluding hydrogens is 470 g/mol. The van der Waals surface area contributed by atoms with Gasteiger partial charge in [-0.05, 0) is 61.8 Å². The number of imide groups is 1. The van der Waals surface area contributed by atoms with Crippen molar-refractivity contribution in [2.75, 3.05) is 19.1 Å². The monoisotopic (exact) mass is 499 g/mol. The zero-order valence-corrected chi connectivity index (χ0v) is 21.0. The lowest BCUT2D eigenvalue weighted by Gasteiger charge is -2.54. The molecule has 0 saturated carbocycles. The van der Waals surface area contributed by atoms with Crippen LogP contribution in [0.5, 0.6) is 0 Å². The minimum absolute atomic E-state index is 0.196. The molecule has 1 heterocycles. The quantitative estimate of drug-likeness (QED) is 0.363. The van der Waals surface area contributed by atoms with Gasteiger partial charge in [0, 0.05) is 0 Å². The third-order valence-corrected chi connectivity index (χ3v) is 9.21. The summed E-state index contributed by atoms with van der Waals surface area (Å²) in [7, 11) is 2.72. The van der Waals surface area contributed by atoms with Gasteiger partial charge in [-0.3, -0.25) is 24.1 Å². The van der Waals surface area contributed by atoms with E-state index < -0.39 is 34.6 Å². The molecule has 0 N–H and O–H groups in total. The van der Waals surface area contributed by atoms with Crippen molar-refractivity contribution in [2.24, 2.45) is 22.7 Å². The van der Waals surface area contributed by atoms with Gasteiger partial charge in [0.05, 0.1) is 42.6 Å². The van der Waals surface area contributed by atoms with Gasteiger partial charge in [-0.15, -0.1) is 0 Å². The molecule has 37 heavy (non-hydrogen) atoms. The normalized spacial score (nSPS) is 30.2. The summed E-state index contributed by atoms with van der Waals surface area (Å²) in [6, 6.07) is 16.9. The van der Waals surface area contributed by atoms with E-state index in [2.05, 4.69) is 0 Å². The zero-order valence-electron chi connectivity index (χ0n) is 21.0. The van der Waals surface area contributed by atoms with E-state index in [0.717, 1.165) is 22.3 Å². The Hall–Kier alpha value is -3.74. The van der Waals surface area contributed by atoms with E-state index in [1.807, 2.05) is 42.5 Å². The van der Waals surface area contributed by atoms with E-state index in [1.54, 1.807) is 12.1 Å². The molecule has 2 amide bonds. The van der Waals surface area contributed by atoms with Gasteiger partial charge in [-0.25, -0.2) is 0 Å². The number of amides is 2. The summed E-state index contributed by atoms with van der Waals surface area (Å²) in [5.41, 5.74) is 2.34.